The van der Waals surface area contributed by atoms with Gasteiger partial charge in [0.25, 0.3) is 0 Å². The SMILES string of the molecule is CN(CCN=C(C=C(N)C(F)(F)F)c1ccc(-c2cccc(S(C)(=O)=O)c2)s1)Cc1ccco1. The summed E-state index contributed by atoms with van der Waals surface area (Å²) in [6.07, 6.45) is -1.16. The summed E-state index contributed by atoms with van der Waals surface area (Å²) in [5, 5.41) is 0. The van der Waals surface area contributed by atoms with Gasteiger partial charge in [-0.1, -0.05) is 12.1 Å². The quantitative estimate of drug-likeness (QED) is 0.420. The number of nitrogens with two attached hydrogens (primary N) is 1. The van der Waals surface area contributed by atoms with Crippen molar-refractivity contribution in [1.29, 1.82) is 0 Å². The Kier molecular flexibility index (Phi) is 8.01. The van der Waals surface area contributed by atoms with Crippen LogP contribution in [0.15, 0.2) is 80.9 Å². The van der Waals surface area contributed by atoms with Gasteiger partial charge in [0.1, 0.15) is 11.5 Å². The molecule has 34 heavy (non-hydrogen) atoms. The van der Waals surface area contributed by atoms with Crippen LogP contribution in [0.3, 0.4) is 0 Å². The van der Waals surface area contributed by atoms with Crippen LogP contribution in [-0.4, -0.2) is 51.6 Å². The largest absolute Gasteiger partial charge is 0.468 e. The van der Waals surface area contributed by atoms with E-state index in [1.807, 2.05) is 18.0 Å². The van der Waals surface area contributed by atoms with Gasteiger partial charge >= 0.3 is 6.18 Å². The summed E-state index contributed by atoms with van der Waals surface area (Å²) in [6.45, 7) is 1.27. The number of alkyl halides is 3. The lowest BCUT2D eigenvalue weighted by Crippen LogP contribution is -2.22. The zero-order chi connectivity index (χ0) is 24.9. The molecule has 0 spiro atoms. The molecule has 0 aliphatic carbocycles. The third-order valence-electron chi connectivity index (χ3n) is 4.79. The zero-order valence-corrected chi connectivity index (χ0v) is 20.2. The van der Waals surface area contributed by atoms with Gasteiger partial charge in [-0.3, -0.25) is 9.89 Å². The number of nitrogens with zero attached hydrogens (tertiary/aromatic N) is 2. The van der Waals surface area contributed by atoms with Crippen LogP contribution in [0.25, 0.3) is 10.4 Å². The normalized spacial score (nSPS) is 13.6. The average Bonchev–Trinajstić information content (AvgIpc) is 3.44. The predicted molar refractivity (Wildman–Crippen MR) is 128 cm³/mol. The highest BCUT2D eigenvalue weighted by Gasteiger charge is 2.32. The molecule has 0 saturated heterocycles. The van der Waals surface area contributed by atoms with Crippen LogP contribution < -0.4 is 5.73 Å². The van der Waals surface area contributed by atoms with Crippen molar-refractivity contribution in [2.75, 3.05) is 26.4 Å². The summed E-state index contributed by atoms with van der Waals surface area (Å²) in [6, 6.07) is 13.4. The number of hydrogen-bond donors (Lipinski definition) is 1. The Balaban J connectivity index is 1.85. The van der Waals surface area contributed by atoms with Crippen LogP contribution in [0.1, 0.15) is 10.6 Å². The van der Waals surface area contributed by atoms with E-state index in [-0.39, 0.29) is 17.2 Å². The minimum atomic E-state index is -4.68. The molecule has 0 unspecified atom stereocenters. The van der Waals surface area contributed by atoms with E-state index in [1.54, 1.807) is 36.6 Å². The number of likely N-dealkylation sites (N-methyl/N-ethyl adjacent to an activating group) is 1. The number of allylic oxidation sites excluding steroid dienone is 2. The standard InChI is InChI=1S/C23H24F3N3O3S2/c1-29(15-17-6-4-12-32-17)11-10-28-19(14-22(27)23(24,25)26)21-9-8-20(33-21)16-5-3-7-18(13-16)34(2,30)31/h3-9,12-14H,10-11,15,27H2,1-2H3. The van der Waals surface area contributed by atoms with E-state index in [2.05, 4.69) is 4.99 Å². The maximum absolute atomic E-state index is 13.1. The Bertz CT molecular complexity index is 1280. The van der Waals surface area contributed by atoms with Crippen LogP contribution in [-0.2, 0) is 16.4 Å². The first kappa shape index (κ1) is 25.7. The Hall–Kier alpha value is -2.89. The molecule has 6 nitrogen and oxygen atoms in total. The molecule has 0 aliphatic heterocycles. The third kappa shape index (κ3) is 7.05. The summed E-state index contributed by atoms with van der Waals surface area (Å²) in [5.41, 5.74) is 4.77. The second kappa shape index (κ2) is 10.6. The number of sulfone groups is 1. The molecule has 0 atom stereocenters. The molecular weight excluding hydrogens is 487 g/mol. The Morgan fingerprint density at radius 1 is 1.21 bits per heavy atom. The van der Waals surface area contributed by atoms with E-state index in [9.17, 15) is 21.6 Å². The smallest absolute Gasteiger partial charge is 0.430 e. The molecule has 0 aliphatic rings. The Morgan fingerprint density at radius 2 is 1.97 bits per heavy atom. The topological polar surface area (TPSA) is 88.9 Å². The zero-order valence-electron chi connectivity index (χ0n) is 18.5. The van der Waals surface area contributed by atoms with Crippen molar-refractivity contribution in [2.24, 2.45) is 10.7 Å². The van der Waals surface area contributed by atoms with Crippen LogP contribution >= 0.6 is 11.3 Å². The molecule has 182 valence electrons. The monoisotopic (exact) mass is 511 g/mol. The van der Waals surface area contributed by atoms with Gasteiger partial charge in [0, 0.05) is 17.7 Å². The van der Waals surface area contributed by atoms with Crippen molar-refractivity contribution in [3.63, 3.8) is 0 Å². The highest BCUT2D eigenvalue weighted by atomic mass is 32.2. The van der Waals surface area contributed by atoms with Gasteiger partial charge in [-0.15, -0.1) is 11.3 Å². The summed E-state index contributed by atoms with van der Waals surface area (Å²) in [7, 11) is -1.54. The lowest BCUT2D eigenvalue weighted by atomic mass is 10.2. The maximum Gasteiger partial charge on any atom is 0.430 e. The van der Waals surface area contributed by atoms with Crippen LogP contribution in [0.4, 0.5) is 13.2 Å². The summed E-state index contributed by atoms with van der Waals surface area (Å²) in [4.78, 5) is 7.67. The first-order valence-electron chi connectivity index (χ1n) is 10.1. The van der Waals surface area contributed by atoms with Crippen molar-refractivity contribution in [3.05, 3.63) is 77.2 Å². The van der Waals surface area contributed by atoms with Crippen molar-refractivity contribution in [2.45, 2.75) is 17.6 Å². The summed E-state index contributed by atoms with van der Waals surface area (Å²) < 4.78 is 68.3. The Labute approximate surface area is 200 Å². The molecule has 1 aromatic carbocycles. The fourth-order valence-electron chi connectivity index (χ4n) is 3.02. The van der Waals surface area contributed by atoms with Crippen LogP contribution in [0.2, 0.25) is 0 Å². The first-order valence-corrected chi connectivity index (χ1v) is 12.8. The van der Waals surface area contributed by atoms with Crippen molar-refractivity contribution in [1.82, 2.24) is 4.90 Å². The molecule has 3 aromatic rings. The van der Waals surface area contributed by atoms with E-state index in [4.69, 9.17) is 10.2 Å². The van der Waals surface area contributed by atoms with E-state index in [1.165, 1.54) is 23.5 Å². The molecule has 2 N–H and O–H groups in total. The van der Waals surface area contributed by atoms with Crippen LogP contribution in [0.5, 0.6) is 0 Å². The second-order valence-corrected chi connectivity index (χ2v) is 10.7. The number of halogens is 3. The average molecular weight is 512 g/mol. The fraction of sp³-hybridized carbons (Fsp3) is 0.261. The summed E-state index contributed by atoms with van der Waals surface area (Å²) >= 11 is 1.21. The van der Waals surface area contributed by atoms with Gasteiger partial charge in [-0.25, -0.2) is 8.42 Å². The van der Waals surface area contributed by atoms with Crippen molar-refractivity contribution < 1.29 is 26.0 Å². The van der Waals surface area contributed by atoms with Gasteiger partial charge < -0.3 is 10.2 Å². The maximum atomic E-state index is 13.1. The molecular formula is C23H24F3N3O3S2. The van der Waals surface area contributed by atoms with Crippen molar-refractivity contribution >= 4 is 26.9 Å². The lowest BCUT2D eigenvalue weighted by molar-refractivity contribution is -0.0925. The molecule has 2 aromatic heterocycles. The molecule has 11 heteroatoms. The number of hydrogen-bond acceptors (Lipinski definition) is 7. The lowest BCUT2D eigenvalue weighted by Gasteiger charge is -2.13. The van der Waals surface area contributed by atoms with E-state index in [0.717, 1.165) is 18.1 Å². The van der Waals surface area contributed by atoms with E-state index < -0.39 is 21.7 Å². The summed E-state index contributed by atoms with van der Waals surface area (Å²) in [5.74, 6) is 0.770. The van der Waals surface area contributed by atoms with Gasteiger partial charge in [-0.05, 0) is 55.1 Å². The second-order valence-electron chi connectivity index (χ2n) is 7.65. The Morgan fingerprint density at radius 3 is 2.62 bits per heavy atom. The minimum absolute atomic E-state index is 0.108. The number of benzene rings is 1. The molecule has 3 rings (SSSR count). The highest BCUT2D eigenvalue weighted by Crippen LogP contribution is 2.31. The molecule has 0 bridgehead atoms. The number of aliphatic imine (C=N–C) groups is 1. The fourth-order valence-corrected chi connectivity index (χ4v) is 4.67. The van der Waals surface area contributed by atoms with E-state index >= 15 is 0 Å². The van der Waals surface area contributed by atoms with E-state index in [0.29, 0.717) is 28.4 Å². The highest BCUT2D eigenvalue weighted by molar-refractivity contribution is 7.90. The van der Waals surface area contributed by atoms with Gasteiger partial charge in [0.2, 0.25) is 0 Å². The number of furan rings is 1. The molecule has 0 fully saturated rings. The minimum Gasteiger partial charge on any atom is -0.468 e. The van der Waals surface area contributed by atoms with Crippen LogP contribution in [0, 0.1) is 0 Å². The van der Waals surface area contributed by atoms with Gasteiger partial charge in [0.15, 0.2) is 9.84 Å². The third-order valence-corrected chi connectivity index (χ3v) is 7.06. The van der Waals surface area contributed by atoms with Crippen molar-refractivity contribution in [3.8, 4) is 10.4 Å². The number of thiophene rings is 1. The van der Waals surface area contributed by atoms with Gasteiger partial charge in [-0.2, -0.15) is 13.2 Å². The molecule has 0 amide bonds. The predicted octanol–water partition coefficient (Wildman–Crippen LogP) is 4.74. The molecule has 0 saturated carbocycles. The first-order chi connectivity index (χ1) is 15.9. The molecule has 0 radical (unpaired) electrons. The number of rotatable bonds is 9. The molecule has 2 heterocycles. The van der Waals surface area contributed by atoms with Gasteiger partial charge in [0.05, 0.1) is 34.8 Å².